The van der Waals surface area contributed by atoms with Crippen molar-refractivity contribution in [3.05, 3.63) is 24.7 Å². The maximum atomic E-state index is 10.4. The lowest BCUT2D eigenvalue weighted by Crippen LogP contribution is -1.81. The van der Waals surface area contributed by atoms with Crippen LogP contribution in [0.5, 0.6) is 0 Å². The first-order valence-corrected chi connectivity index (χ1v) is 5.30. The highest BCUT2D eigenvalue weighted by Gasteiger charge is 1.91. The second-order valence-corrected chi connectivity index (χ2v) is 2.99. The zero-order valence-corrected chi connectivity index (χ0v) is 8.86. The van der Waals surface area contributed by atoms with Gasteiger partial charge in [0.05, 0.1) is 25.7 Å². The van der Waals surface area contributed by atoms with Crippen molar-refractivity contribution in [2.24, 2.45) is 0 Å². The summed E-state index contributed by atoms with van der Waals surface area (Å²) in [7, 11) is -2.14. The molecule has 0 saturated carbocycles. The summed E-state index contributed by atoms with van der Waals surface area (Å²) >= 11 is 0. The summed E-state index contributed by atoms with van der Waals surface area (Å²) in [5.74, 6) is 0. The van der Waals surface area contributed by atoms with Crippen molar-refractivity contribution in [3.63, 3.8) is 0 Å². The molecule has 0 radical (unpaired) electrons. The van der Waals surface area contributed by atoms with Crippen molar-refractivity contribution in [2.45, 2.75) is 13.8 Å². The molecule has 0 fully saturated rings. The Labute approximate surface area is 78.8 Å². The van der Waals surface area contributed by atoms with Gasteiger partial charge in [0.2, 0.25) is 0 Å². The fourth-order valence-electron chi connectivity index (χ4n) is 0.504. The van der Waals surface area contributed by atoms with E-state index < -0.39 is 8.25 Å². The lowest BCUT2D eigenvalue weighted by molar-refractivity contribution is 0.243. The Morgan fingerprint density at radius 2 is 1.62 bits per heavy atom. The van der Waals surface area contributed by atoms with Crippen LogP contribution in [-0.2, 0) is 13.6 Å². The topological polar surface area (TPSA) is 48.7 Å². The number of hydrogen-bond donors (Lipinski definition) is 0. The van der Waals surface area contributed by atoms with Gasteiger partial charge >= 0.3 is 8.25 Å². The van der Waals surface area contributed by atoms with Crippen LogP contribution >= 0.6 is 8.25 Å². The molecule has 0 aliphatic carbocycles. The molecule has 0 bridgehead atoms. The van der Waals surface area contributed by atoms with E-state index in [2.05, 4.69) is 13.5 Å². The molecule has 0 atom stereocenters. The van der Waals surface area contributed by atoms with E-state index in [-0.39, 0.29) is 0 Å². The van der Waals surface area contributed by atoms with Crippen LogP contribution in [0.25, 0.3) is 0 Å². The first kappa shape index (κ1) is 12.4. The SMILES string of the molecule is CCO[PH](=O)OCC.c1ccoc1. The van der Waals surface area contributed by atoms with E-state index in [4.69, 9.17) is 0 Å². The quantitative estimate of drug-likeness (QED) is 0.710. The van der Waals surface area contributed by atoms with Gasteiger partial charge in [0.25, 0.3) is 0 Å². The largest absolute Gasteiger partial charge is 0.473 e. The van der Waals surface area contributed by atoms with E-state index in [9.17, 15) is 4.57 Å². The molecule has 0 N–H and O–H groups in total. The summed E-state index contributed by atoms with van der Waals surface area (Å²) in [4.78, 5) is 0. The Bertz CT molecular complexity index is 173. The van der Waals surface area contributed by atoms with Gasteiger partial charge in [0.15, 0.2) is 0 Å². The molecule has 1 rings (SSSR count). The molecule has 5 heteroatoms. The maximum absolute atomic E-state index is 10.4. The van der Waals surface area contributed by atoms with Crippen molar-refractivity contribution in [1.82, 2.24) is 0 Å². The van der Waals surface area contributed by atoms with Crippen LogP contribution < -0.4 is 0 Å². The molecule has 0 aliphatic heterocycles. The van der Waals surface area contributed by atoms with E-state index >= 15 is 0 Å². The molecular formula is C8H15O4P. The lowest BCUT2D eigenvalue weighted by Gasteiger charge is -1.97. The first-order valence-electron chi connectivity index (χ1n) is 4.08. The van der Waals surface area contributed by atoms with E-state index in [0.717, 1.165) is 0 Å². The Morgan fingerprint density at radius 1 is 1.15 bits per heavy atom. The van der Waals surface area contributed by atoms with E-state index in [0.29, 0.717) is 13.2 Å². The Balaban J connectivity index is 0.000000243. The third kappa shape index (κ3) is 9.34. The average molecular weight is 206 g/mol. The minimum absolute atomic E-state index is 0.456. The molecule has 1 aromatic rings. The maximum Gasteiger partial charge on any atom is 0.319 e. The van der Waals surface area contributed by atoms with Crippen molar-refractivity contribution in [3.8, 4) is 0 Å². The molecule has 0 aliphatic rings. The second-order valence-electron chi connectivity index (χ2n) is 1.91. The standard InChI is InChI=1S/C4H11O3P.C4H4O/c1-3-6-8(5)7-4-2;1-2-4-5-3-1/h8H,3-4H2,1-2H3;1-4H. The molecule has 13 heavy (non-hydrogen) atoms. The minimum atomic E-state index is -2.14. The fourth-order valence-corrected chi connectivity index (χ4v) is 1.06. The average Bonchev–Trinajstić information content (AvgIpc) is 2.61. The highest BCUT2D eigenvalue weighted by molar-refractivity contribution is 7.33. The molecule has 1 aromatic heterocycles. The van der Waals surface area contributed by atoms with Gasteiger partial charge in [0, 0.05) is 0 Å². The van der Waals surface area contributed by atoms with Gasteiger partial charge < -0.3 is 13.5 Å². The van der Waals surface area contributed by atoms with Gasteiger partial charge in [-0.05, 0) is 26.0 Å². The third-order valence-corrected chi connectivity index (χ3v) is 2.00. The lowest BCUT2D eigenvalue weighted by atomic mass is 10.7. The molecule has 0 saturated heterocycles. The van der Waals surface area contributed by atoms with Crippen molar-refractivity contribution >= 4 is 8.25 Å². The van der Waals surface area contributed by atoms with Gasteiger partial charge in [-0.3, -0.25) is 4.57 Å². The molecule has 0 amide bonds. The normalized spacial score (nSPS) is 9.46. The molecule has 0 aromatic carbocycles. The van der Waals surface area contributed by atoms with Gasteiger partial charge in [-0.1, -0.05) is 0 Å². The first-order chi connectivity index (χ1) is 6.31. The zero-order valence-electron chi connectivity index (χ0n) is 7.86. The van der Waals surface area contributed by atoms with Gasteiger partial charge in [0.1, 0.15) is 0 Å². The molecule has 1 heterocycles. The molecular weight excluding hydrogens is 191 g/mol. The molecule has 4 nitrogen and oxygen atoms in total. The van der Waals surface area contributed by atoms with Crippen molar-refractivity contribution < 1.29 is 18.0 Å². The summed E-state index contributed by atoms with van der Waals surface area (Å²) in [5.41, 5.74) is 0. The number of hydrogen-bond acceptors (Lipinski definition) is 4. The summed E-state index contributed by atoms with van der Waals surface area (Å²) in [6, 6.07) is 3.67. The van der Waals surface area contributed by atoms with Crippen LogP contribution in [0.3, 0.4) is 0 Å². The van der Waals surface area contributed by atoms with Crippen molar-refractivity contribution in [1.29, 1.82) is 0 Å². The van der Waals surface area contributed by atoms with E-state index in [1.807, 2.05) is 12.1 Å². The van der Waals surface area contributed by atoms with E-state index in [1.165, 1.54) is 0 Å². The third-order valence-electron chi connectivity index (χ3n) is 0.950. The van der Waals surface area contributed by atoms with E-state index in [1.54, 1.807) is 26.4 Å². The summed E-state index contributed by atoms with van der Waals surface area (Å²) < 4.78 is 24.2. The van der Waals surface area contributed by atoms with Gasteiger partial charge in [-0.15, -0.1) is 0 Å². The Kier molecular flexibility index (Phi) is 9.10. The summed E-state index contributed by atoms with van der Waals surface area (Å²) in [6.45, 7) is 4.47. The Hall–Kier alpha value is -0.570. The van der Waals surface area contributed by atoms with Gasteiger partial charge in [-0.25, -0.2) is 0 Å². The van der Waals surface area contributed by atoms with Crippen molar-refractivity contribution in [2.75, 3.05) is 13.2 Å². The summed E-state index contributed by atoms with van der Waals surface area (Å²) in [5, 5.41) is 0. The van der Waals surface area contributed by atoms with Crippen LogP contribution in [0.1, 0.15) is 13.8 Å². The number of furan rings is 1. The fraction of sp³-hybridized carbons (Fsp3) is 0.500. The Morgan fingerprint density at radius 3 is 1.85 bits per heavy atom. The van der Waals surface area contributed by atoms with Crippen LogP contribution in [0, 0.1) is 0 Å². The van der Waals surface area contributed by atoms with Crippen LogP contribution in [0.2, 0.25) is 0 Å². The highest BCUT2D eigenvalue weighted by atomic mass is 31.1. The second kappa shape index (κ2) is 9.52. The molecule has 76 valence electrons. The smallest absolute Gasteiger partial charge is 0.319 e. The predicted octanol–water partition coefficient (Wildman–Crippen LogP) is 2.73. The highest BCUT2D eigenvalue weighted by Crippen LogP contribution is 2.21. The summed E-state index contributed by atoms with van der Waals surface area (Å²) in [6.07, 6.45) is 3.25. The van der Waals surface area contributed by atoms with Gasteiger partial charge in [-0.2, -0.15) is 0 Å². The van der Waals surface area contributed by atoms with Crippen LogP contribution in [0.15, 0.2) is 29.1 Å². The van der Waals surface area contributed by atoms with Crippen LogP contribution in [-0.4, -0.2) is 13.2 Å². The monoisotopic (exact) mass is 206 g/mol. The number of rotatable bonds is 4. The zero-order chi connectivity index (χ0) is 9.94. The predicted molar refractivity (Wildman–Crippen MR) is 51.0 cm³/mol. The minimum Gasteiger partial charge on any atom is -0.473 e. The molecule has 0 spiro atoms. The van der Waals surface area contributed by atoms with Crippen LogP contribution in [0.4, 0.5) is 0 Å². The molecule has 0 unspecified atom stereocenters.